The summed E-state index contributed by atoms with van der Waals surface area (Å²) >= 11 is 1.86. The number of hydrogen-bond acceptors (Lipinski definition) is 2. The van der Waals surface area contributed by atoms with Crippen LogP contribution >= 0.6 is 11.3 Å². The SMILES string of the molecule is c1ccc2c(c1)-c1cccc3c4c(cc-2c13)C1(c2ccccc2-c2ccc(Nc3ccc5sc6ccccc6c5c3)cc21)c1ccccc1-4. The minimum absolute atomic E-state index is 0.429. The van der Waals surface area contributed by atoms with Gasteiger partial charge in [-0.3, -0.25) is 0 Å². The quantitative estimate of drug-likeness (QED) is 0.199. The molecule has 12 rings (SSSR count). The zero-order chi connectivity index (χ0) is 31.8. The first-order valence-corrected chi connectivity index (χ1v) is 17.8. The van der Waals surface area contributed by atoms with Crippen molar-refractivity contribution in [3.8, 4) is 44.5 Å². The average Bonchev–Trinajstić information content (AvgIpc) is 3.86. The van der Waals surface area contributed by atoms with Gasteiger partial charge in [-0.05, 0) is 120 Å². The summed E-state index contributed by atoms with van der Waals surface area (Å²) in [6, 6.07) is 59.2. The van der Waals surface area contributed by atoms with E-state index in [2.05, 4.69) is 163 Å². The summed E-state index contributed by atoms with van der Waals surface area (Å²) < 4.78 is 2.65. The molecular formula is C47H27NS. The molecule has 1 N–H and O–H groups in total. The van der Waals surface area contributed by atoms with Gasteiger partial charge in [-0.25, -0.2) is 0 Å². The van der Waals surface area contributed by atoms with Crippen molar-refractivity contribution in [2.75, 3.05) is 5.32 Å². The Kier molecular flexibility index (Phi) is 4.86. The smallest absolute Gasteiger partial charge is 0.0726 e. The molecule has 3 aliphatic rings. The highest BCUT2D eigenvalue weighted by atomic mass is 32.1. The summed E-state index contributed by atoms with van der Waals surface area (Å²) in [5.74, 6) is 0. The van der Waals surface area contributed by atoms with Crippen LogP contribution in [0.1, 0.15) is 22.3 Å². The van der Waals surface area contributed by atoms with Gasteiger partial charge in [0.1, 0.15) is 0 Å². The third-order valence-electron chi connectivity index (χ3n) is 11.4. The third kappa shape index (κ3) is 3.16. The van der Waals surface area contributed by atoms with Crippen LogP contribution < -0.4 is 5.32 Å². The summed E-state index contributed by atoms with van der Waals surface area (Å²) in [5, 5.41) is 9.19. The van der Waals surface area contributed by atoms with E-state index in [-0.39, 0.29) is 0 Å². The molecule has 1 aromatic heterocycles. The summed E-state index contributed by atoms with van der Waals surface area (Å²) in [6.07, 6.45) is 0. The van der Waals surface area contributed by atoms with Gasteiger partial charge in [0, 0.05) is 31.5 Å². The minimum atomic E-state index is -0.429. The first-order chi connectivity index (χ1) is 24.3. The lowest BCUT2D eigenvalue weighted by Gasteiger charge is -2.31. The Morgan fingerprint density at radius 2 is 0.980 bits per heavy atom. The number of rotatable bonds is 2. The van der Waals surface area contributed by atoms with E-state index in [0.717, 1.165) is 11.4 Å². The Bertz CT molecular complexity index is 2930. The van der Waals surface area contributed by atoms with Crippen molar-refractivity contribution in [2.45, 2.75) is 5.41 Å². The Morgan fingerprint density at radius 1 is 0.367 bits per heavy atom. The van der Waals surface area contributed by atoms with Crippen molar-refractivity contribution in [3.05, 3.63) is 180 Å². The predicted molar refractivity (Wildman–Crippen MR) is 207 cm³/mol. The van der Waals surface area contributed by atoms with E-state index in [1.165, 1.54) is 97.7 Å². The van der Waals surface area contributed by atoms with Crippen molar-refractivity contribution in [1.29, 1.82) is 0 Å². The highest BCUT2D eigenvalue weighted by molar-refractivity contribution is 7.25. The number of thiophene rings is 1. The molecule has 2 heteroatoms. The van der Waals surface area contributed by atoms with Crippen molar-refractivity contribution in [2.24, 2.45) is 0 Å². The van der Waals surface area contributed by atoms with Crippen molar-refractivity contribution >= 4 is 53.7 Å². The fourth-order valence-electron chi connectivity index (χ4n) is 9.54. The van der Waals surface area contributed by atoms with Gasteiger partial charge < -0.3 is 5.32 Å². The fraction of sp³-hybridized carbons (Fsp3) is 0.0213. The molecule has 1 nitrogen and oxygen atoms in total. The molecule has 0 saturated heterocycles. The molecule has 0 aliphatic heterocycles. The van der Waals surface area contributed by atoms with E-state index >= 15 is 0 Å². The van der Waals surface area contributed by atoms with Crippen LogP contribution in [-0.2, 0) is 5.41 Å². The lowest BCUT2D eigenvalue weighted by Crippen LogP contribution is -2.26. The molecule has 8 aromatic carbocycles. The van der Waals surface area contributed by atoms with Gasteiger partial charge in [0.05, 0.1) is 5.41 Å². The van der Waals surface area contributed by atoms with Crippen LogP contribution in [0.2, 0.25) is 0 Å². The highest BCUT2D eigenvalue weighted by Crippen LogP contribution is 2.65. The first kappa shape index (κ1) is 26.0. The summed E-state index contributed by atoms with van der Waals surface area (Å²) in [4.78, 5) is 0. The van der Waals surface area contributed by atoms with E-state index in [9.17, 15) is 0 Å². The van der Waals surface area contributed by atoms with Gasteiger partial charge >= 0.3 is 0 Å². The zero-order valence-corrected chi connectivity index (χ0v) is 27.2. The second kappa shape index (κ2) is 9.14. The molecule has 226 valence electrons. The van der Waals surface area contributed by atoms with E-state index in [4.69, 9.17) is 0 Å². The molecule has 1 unspecified atom stereocenters. The number of anilines is 2. The molecule has 0 radical (unpaired) electrons. The molecule has 1 spiro atoms. The Hall–Kier alpha value is -5.96. The number of hydrogen-bond donors (Lipinski definition) is 1. The van der Waals surface area contributed by atoms with Crippen LogP contribution in [0.5, 0.6) is 0 Å². The van der Waals surface area contributed by atoms with Gasteiger partial charge in [0.2, 0.25) is 0 Å². The molecule has 3 aliphatic carbocycles. The van der Waals surface area contributed by atoms with Gasteiger partial charge in [-0.1, -0.05) is 115 Å². The van der Waals surface area contributed by atoms with Crippen LogP contribution in [0.3, 0.4) is 0 Å². The number of nitrogens with one attached hydrogen (secondary N) is 1. The van der Waals surface area contributed by atoms with E-state index in [1.54, 1.807) is 0 Å². The normalized spacial score (nSPS) is 15.8. The van der Waals surface area contributed by atoms with Crippen LogP contribution in [0, 0.1) is 0 Å². The maximum absolute atomic E-state index is 3.84. The zero-order valence-electron chi connectivity index (χ0n) is 26.4. The van der Waals surface area contributed by atoms with Crippen LogP contribution in [0.25, 0.3) is 75.5 Å². The predicted octanol–water partition coefficient (Wildman–Crippen LogP) is 12.9. The fourth-order valence-corrected chi connectivity index (χ4v) is 10.6. The van der Waals surface area contributed by atoms with Crippen molar-refractivity contribution in [1.82, 2.24) is 0 Å². The van der Waals surface area contributed by atoms with E-state index in [1.807, 2.05) is 11.3 Å². The molecule has 1 heterocycles. The minimum Gasteiger partial charge on any atom is -0.355 e. The number of fused-ring (bicyclic) bond motifs is 17. The monoisotopic (exact) mass is 637 g/mol. The lowest BCUT2D eigenvalue weighted by atomic mass is 9.70. The van der Waals surface area contributed by atoms with Gasteiger partial charge in [-0.2, -0.15) is 0 Å². The van der Waals surface area contributed by atoms with Crippen LogP contribution in [0.15, 0.2) is 158 Å². The van der Waals surface area contributed by atoms with Gasteiger partial charge in [0.15, 0.2) is 0 Å². The molecule has 0 saturated carbocycles. The second-order valence-electron chi connectivity index (χ2n) is 13.7. The molecule has 0 bridgehead atoms. The highest BCUT2D eigenvalue weighted by Gasteiger charge is 2.52. The Balaban J connectivity index is 1.13. The second-order valence-corrected chi connectivity index (χ2v) is 14.7. The van der Waals surface area contributed by atoms with Crippen LogP contribution in [-0.4, -0.2) is 0 Å². The van der Waals surface area contributed by atoms with Crippen LogP contribution in [0.4, 0.5) is 11.4 Å². The average molecular weight is 638 g/mol. The van der Waals surface area contributed by atoms with Gasteiger partial charge in [-0.15, -0.1) is 11.3 Å². The summed E-state index contributed by atoms with van der Waals surface area (Å²) in [7, 11) is 0. The maximum atomic E-state index is 3.84. The summed E-state index contributed by atoms with van der Waals surface area (Å²) in [5.41, 5.74) is 18.0. The van der Waals surface area contributed by atoms with Gasteiger partial charge in [0.25, 0.3) is 0 Å². The lowest BCUT2D eigenvalue weighted by molar-refractivity contribution is 0.795. The molecule has 49 heavy (non-hydrogen) atoms. The Morgan fingerprint density at radius 3 is 1.86 bits per heavy atom. The molecule has 0 fully saturated rings. The summed E-state index contributed by atoms with van der Waals surface area (Å²) in [6.45, 7) is 0. The van der Waals surface area contributed by atoms with Crippen molar-refractivity contribution in [3.63, 3.8) is 0 Å². The molecule has 1 atom stereocenters. The largest absolute Gasteiger partial charge is 0.355 e. The third-order valence-corrected chi connectivity index (χ3v) is 12.5. The topological polar surface area (TPSA) is 12.0 Å². The Labute approximate surface area is 287 Å². The van der Waals surface area contributed by atoms with E-state index < -0.39 is 5.41 Å². The first-order valence-electron chi connectivity index (χ1n) is 17.0. The molecule has 0 amide bonds. The van der Waals surface area contributed by atoms with E-state index in [0.29, 0.717) is 0 Å². The number of benzene rings is 8. The maximum Gasteiger partial charge on any atom is 0.0726 e. The van der Waals surface area contributed by atoms with Crippen molar-refractivity contribution < 1.29 is 0 Å². The molecular weight excluding hydrogens is 611 g/mol. The standard InChI is InChI=1S/C47H27NS/c1-2-11-30-29(10-1)34-15-9-16-36-45(34)38(30)26-42-46(36)35-14-4-7-18-40(35)47(42)39-17-6-3-12-31(39)32-22-20-28(25-41(32)47)48-27-21-23-44-37(24-27)33-13-5-8-19-43(33)49-44/h1-26,48H. The molecule has 9 aromatic rings.